The number of unbranched alkanes of at least 4 members (excludes halogenated alkanes) is 8. The minimum absolute atomic E-state index is 0.349. The van der Waals surface area contributed by atoms with E-state index in [0.29, 0.717) is 6.61 Å². The lowest BCUT2D eigenvalue weighted by Gasteiger charge is -2.05. The van der Waals surface area contributed by atoms with Crippen LogP contribution in [0.15, 0.2) is 49.1 Å². The Labute approximate surface area is 177 Å². The SMILES string of the molecule is C=CCCCCCCCCC=CCCCNc1ccc(C#CC(=O)OCC)cc1. The second kappa shape index (κ2) is 17.6. The first-order chi connectivity index (χ1) is 14.3. The molecule has 3 nitrogen and oxygen atoms in total. The highest BCUT2D eigenvalue weighted by Crippen LogP contribution is 2.10. The quantitative estimate of drug-likeness (QED) is 0.156. The van der Waals surface area contributed by atoms with Gasteiger partial charge in [-0.3, -0.25) is 0 Å². The van der Waals surface area contributed by atoms with Gasteiger partial charge in [0.1, 0.15) is 0 Å². The Morgan fingerprint density at radius 3 is 2.24 bits per heavy atom. The molecule has 0 aliphatic heterocycles. The van der Waals surface area contributed by atoms with Crippen molar-refractivity contribution in [3.63, 3.8) is 0 Å². The zero-order valence-corrected chi connectivity index (χ0v) is 18.1. The molecule has 0 aliphatic carbocycles. The highest BCUT2D eigenvalue weighted by molar-refractivity contribution is 5.89. The lowest BCUT2D eigenvalue weighted by molar-refractivity contribution is -0.136. The maximum atomic E-state index is 11.2. The standard InChI is InChI=1S/C26H37NO2/c1-3-5-6-7-8-9-10-11-12-13-14-15-16-23-27-25-20-17-24(18-21-25)19-22-26(28)29-4-2/h3,13-14,17-18,20-21,27H,1,4-12,15-16,23H2,2H3. The maximum Gasteiger partial charge on any atom is 0.384 e. The molecule has 1 aromatic carbocycles. The van der Waals surface area contributed by atoms with Crippen LogP contribution in [0.4, 0.5) is 5.69 Å². The van der Waals surface area contributed by atoms with Crippen molar-refractivity contribution in [3.8, 4) is 11.8 Å². The van der Waals surface area contributed by atoms with Gasteiger partial charge in [0.05, 0.1) is 6.61 Å². The summed E-state index contributed by atoms with van der Waals surface area (Å²) in [7, 11) is 0. The van der Waals surface area contributed by atoms with Gasteiger partial charge in [-0.05, 0) is 69.7 Å². The molecule has 1 N–H and O–H groups in total. The van der Waals surface area contributed by atoms with Crippen LogP contribution in [0.5, 0.6) is 0 Å². The van der Waals surface area contributed by atoms with Gasteiger partial charge < -0.3 is 10.1 Å². The van der Waals surface area contributed by atoms with E-state index in [-0.39, 0.29) is 0 Å². The lowest BCUT2D eigenvalue weighted by Crippen LogP contribution is -2.01. The topological polar surface area (TPSA) is 38.3 Å². The van der Waals surface area contributed by atoms with Crippen LogP contribution in [-0.4, -0.2) is 19.1 Å². The van der Waals surface area contributed by atoms with Crippen molar-refractivity contribution >= 4 is 11.7 Å². The fourth-order valence-corrected chi connectivity index (χ4v) is 2.91. The Bertz CT molecular complexity index is 650. The first-order valence-electron chi connectivity index (χ1n) is 11.0. The van der Waals surface area contributed by atoms with Crippen molar-refractivity contribution in [2.45, 2.75) is 71.1 Å². The summed E-state index contributed by atoms with van der Waals surface area (Å²) in [5, 5.41) is 3.42. The first kappa shape index (κ1) is 24.6. The normalized spacial score (nSPS) is 10.4. The van der Waals surface area contributed by atoms with Gasteiger partial charge in [-0.2, -0.15) is 0 Å². The van der Waals surface area contributed by atoms with Crippen LogP contribution in [0, 0.1) is 11.8 Å². The van der Waals surface area contributed by atoms with Gasteiger partial charge in [-0.1, -0.05) is 49.8 Å². The van der Waals surface area contributed by atoms with E-state index in [1.165, 1.54) is 44.9 Å². The maximum absolute atomic E-state index is 11.2. The molecule has 3 heteroatoms. The van der Waals surface area contributed by atoms with Crippen molar-refractivity contribution in [1.29, 1.82) is 0 Å². The summed E-state index contributed by atoms with van der Waals surface area (Å²) in [5.74, 6) is 4.80. The molecule has 0 amide bonds. The van der Waals surface area contributed by atoms with Crippen LogP contribution in [-0.2, 0) is 9.53 Å². The minimum Gasteiger partial charge on any atom is -0.456 e. The van der Waals surface area contributed by atoms with Gasteiger partial charge in [0, 0.05) is 23.7 Å². The molecule has 0 aliphatic rings. The molecule has 0 saturated heterocycles. The molecular weight excluding hydrogens is 358 g/mol. The molecule has 0 atom stereocenters. The zero-order valence-electron chi connectivity index (χ0n) is 18.1. The number of carbonyl (C=O) groups excluding carboxylic acids is 1. The Balaban J connectivity index is 2.03. The Kier molecular flexibility index (Phi) is 14.9. The summed E-state index contributed by atoms with van der Waals surface area (Å²) in [4.78, 5) is 11.2. The lowest BCUT2D eigenvalue weighted by atomic mass is 10.1. The van der Waals surface area contributed by atoms with Crippen molar-refractivity contribution in [2.24, 2.45) is 0 Å². The van der Waals surface area contributed by atoms with Crippen molar-refractivity contribution < 1.29 is 9.53 Å². The van der Waals surface area contributed by atoms with E-state index in [1.54, 1.807) is 6.92 Å². The summed E-state index contributed by atoms with van der Waals surface area (Å²) >= 11 is 0. The van der Waals surface area contributed by atoms with E-state index >= 15 is 0 Å². The number of nitrogens with one attached hydrogen (secondary N) is 1. The number of esters is 1. The highest BCUT2D eigenvalue weighted by atomic mass is 16.5. The second-order valence-electron chi connectivity index (χ2n) is 7.08. The van der Waals surface area contributed by atoms with Gasteiger partial charge in [0.2, 0.25) is 0 Å². The van der Waals surface area contributed by atoms with Gasteiger partial charge >= 0.3 is 5.97 Å². The highest BCUT2D eigenvalue weighted by Gasteiger charge is 1.95. The second-order valence-corrected chi connectivity index (χ2v) is 7.08. The molecule has 0 radical (unpaired) electrons. The molecule has 0 saturated carbocycles. The van der Waals surface area contributed by atoms with Crippen LogP contribution < -0.4 is 5.32 Å². The zero-order chi connectivity index (χ0) is 21.0. The van der Waals surface area contributed by atoms with Crippen LogP contribution in [0.3, 0.4) is 0 Å². The van der Waals surface area contributed by atoms with Crippen molar-refractivity contribution in [1.82, 2.24) is 0 Å². The fraction of sp³-hybridized carbons (Fsp3) is 0.500. The third-order valence-corrected chi connectivity index (χ3v) is 4.54. The smallest absolute Gasteiger partial charge is 0.384 e. The predicted molar refractivity (Wildman–Crippen MR) is 124 cm³/mol. The minimum atomic E-state index is -0.484. The monoisotopic (exact) mass is 395 g/mol. The predicted octanol–water partition coefficient (Wildman–Crippen LogP) is 6.66. The number of hydrogen-bond acceptors (Lipinski definition) is 3. The molecule has 0 unspecified atom stereocenters. The van der Waals surface area contributed by atoms with Gasteiger partial charge in [0.25, 0.3) is 0 Å². The summed E-state index contributed by atoms with van der Waals surface area (Å²) in [6, 6.07) is 7.80. The number of ether oxygens (including phenoxy) is 1. The molecule has 1 rings (SSSR count). The van der Waals surface area contributed by atoms with E-state index in [2.05, 4.69) is 35.9 Å². The van der Waals surface area contributed by atoms with Crippen LogP contribution >= 0.6 is 0 Å². The molecular formula is C26H37NO2. The number of allylic oxidation sites excluding steroid dienone is 3. The summed E-state index contributed by atoms with van der Waals surface area (Å²) in [5.41, 5.74) is 1.88. The third-order valence-electron chi connectivity index (χ3n) is 4.54. The molecule has 158 valence electrons. The molecule has 0 fully saturated rings. The molecule has 0 heterocycles. The van der Waals surface area contributed by atoms with Crippen LogP contribution in [0.2, 0.25) is 0 Å². The molecule has 0 aromatic heterocycles. The Morgan fingerprint density at radius 1 is 0.966 bits per heavy atom. The summed E-state index contributed by atoms with van der Waals surface area (Å²) < 4.78 is 4.79. The van der Waals surface area contributed by atoms with E-state index in [0.717, 1.165) is 37.1 Å². The molecule has 1 aromatic rings. The number of hydrogen-bond donors (Lipinski definition) is 1. The first-order valence-corrected chi connectivity index (χ1v) is 11.0. The Hall–Kier alpha value is -2.47. The van der Waals surface area contributed by atoms with Gasteiger partial charge in [0.15, 0.2) is 0 Å². The molecule has 29 heavy (non-hydrogen) atoms. The van der Waals surface area contributed by atoms with Crippen molar-refractivity contribution in [2.75, 3.05) is 18.5 Å². The number of carbonyl (C=O) groups is 1. The Morgan fingerprint density at radius 2 is 1.59 bits per heavy atom. The van der Waals surface area contributed by atoms with Crippen LogP contribution in [0.25, 0.3) is 0 Å². The largest absolute Gasteiger partial charge is 0.456 e. The van der Waals surface area contributed by atoms with E-state index in [9.17, 15) is 4.79 Å². The molecule has 0 bridgehead atoms. The van der Waals surface area contributed by atoms with E-state index < -0.39 is 5.97 Å². The number of rotatable bonds is 15. The average molecular weight is 396 g/mol. The average Bonchev–Trinajstić information content (AvgIpc) is 2.73. The van der Waals surface area contributed by atoms with Crippen molar-refractivity contribution in [3.05, 3.63) is 54.6 Å². The summed E-state index contributed by atoms with van der Waals surface area (Å²) in [6.45, 7) is 6.83. The van der Waals surface area contributed by atoms with Gasteiger partial charge in [-0.15, -0.1) is 6.58 Å². The number of anilines is 1. The van der Waals surface area contributed by atoms with E-state index in [4.69, 9.17) is 4.74 Å². The van der Waals surface area contributed by atoms with Gasteiger partial charge in [-0.25, -0.2) is 4.79 Å². The third kappa shape index (κ3) is 14.2. The number of benzene rings is 1. The van der Waals surface area contributed by atoms with E-state index in [1.807, 2.05) is 30.3 Å². The molecule has 0 spiro atoms. The summed E-state index contributed by atoms with van der Waals surface area (Å²) in [6.07, 6.45) is 19.3. The fourth-order valence-electron chi connectivity index (χ4n) is 2.91. The van der Waals surface area contributed by atoms with Crippen LogP contribution in [0.1, 0.15) is 76.7 Å².